The number of hydrogen-bond acceptors (Lipinski definition) is 4. The molecule has 3 N–H and O–H groups in total. The summed E-state index contributed by atoms with van der Waals surface area (Å²) in [5, 5.41) is 14.7. The van der Waals surface area contributed by atoms with Gasteiger partial charge in [-0.25, -0.2) is 4.79 Å². The number of methoxy groups -OCH3 is 1. The number of hydrogen-bond donors (Lipinski definition) is 3. The van der Waals surface area contributed by atoms with E-state index in [0.29, 0.717) is 26.0 Å². The summed E-state index contributed by atoms with van der Waals surface area (Å²) in [4.78, 5) is 24.7. The zero-order valence-electron chi connectivity index (χ0n) is 12.9. The molecular weight excluding hydrogens is 274 g/mol. The first-order valence-electron chi connectivity index (χ1n) is 7.47. The molecule has 7 nitrogen and oxygen atoms in total. The maximum absolute atomic E-state index is 11.7. The normalized spacial score (nSPS) is 22.0. The van der Waals surface area contributed by atoms with E-state index in [-0.39, 0.29) is 18.0 Å². The summed E-state index contributed by atoms with van der Waals surface area (Å²) < 4.78 is 4.98. The van der Waals surface area contributed by atoms with Crippen molar-refractivity contribution in [3.05, 3.63) is 0 Å². The van der Waals surface area contributed by atoms with Crippen LogP contribution >= 0.6 is 0 Å². The van der Waals surface area contributed by atoms with Crippen LogP contribution in [-0.4, -0.2) is 68.4 Å². The van der Waals surface area contributed by atoms with Crippen molar-refractivity contribution in [2.75, 3.05) is 40.4 Å². The maximum atomic E-state index is 11.7. The summed E-state index contributed by atoms with van der Waals surface area (Å²) in [6.45, 7) is 2.85. The number of aliphatic carboxylic acids is 1. The first-order valence-corrected chi connectivity index (χ1v) is 7.47. The van der Waals surface area contributed by atoms with Crippen molar-refractivity contribution in [3.8, 4) is 0 Å². The number of rotatable bonds is 8. The Morgan fingerprint density at radius 1 is 1.24 bits per heavy atom. The highest BCUT2D eigenvalue weighted by molar-refractivity contribution is 5.74. The van der Waals surface area contributed by atoms with E-state index in [2.05, 4.69) is 15.5 Å². The summed E-state index contributed by atoms with van der Waals surface area (Å²) in [6.07, 6.45) is 2.75. The van der Waals surface area contributed by atoms with Crippen molar-refractivity contribution in [1.82, 2.24) is 15.5 Å². The second-order valence-corrected chi connectivity index (χ2v) is 5.58. The number of nitrogens with zero attached hydrogens (tertiary/aromatic N) is 1. The molecule has 7 heteroatoms. The Hall–Kier alpha value is -1.34. The SMILES string of the molecule is COCCN(C)CCNC(=O)NC1CCC(C(=O)O)CC1. The summed E-state index contributed by atoms with van der Waals surface area (Å²) in [6, 6.07) is -0.0827. The van der Waals surface area contributed by atoms with Gasteiger partial charge in [0.15, 0.2) is 0 Å². The molecule has 1 aliphatic rings. The number of amides is 2. The minimum atomic E-state index is -0.725. The molecule has 0 spiro atoms. The van der Waals surface area contributed by atoms with Crippen LogP contribution in [0.3, 0.4) is 0 Å². The molecule has 0 radical (unpaired) electrons. The van der Waals surface area contributed by atoms with Crippen molar-refractivity contribution in [3.63, 3.8) is 0 Å². The third-order valence-corrected chi connectivity index (χ3v) is 3.87. The lowest BCUT2D eigenvalue weighted by Gasteiger charge is -2.27. The van der Waals surface area contributed by atoms with Crippen LogP contribution < -0.4 is 10.6 Å². The van der Waals surface area contributed by atoms with Gasteiger partial charge in [-0.2, -0.15) is 0 Å². The van der Waals surface area contributed by atoms with Gasteiger partial charge in [0.1, 0.15) is 0 Å². The van der Waals surface area contributed by atoms with Crippen LogP contribution in [0.15, 0.2) is 0 Å². The summed E-state index contributed by atoms with van der Waals surface area (Å²) in [7, 11) is 3.64. The zero-order chi connectivity index (χ0) is 15.7. The van der Waals surface area contributed by atoms with E-state index < -0.39 is 5.97 Å². The lowest BCUT2D eigenvalue weighted by Crippen LogP contribution is -2.46. The van der Waals surface area contributed by atoms with E-state index in [1.165, 1.54) is 0 Å². The van der Waals surface area contributed by atoms with Crippen molar-refractivity contribution in [2.24, 2.45) is 5.92 Å². The Kier molecular flexibility index (Phi) is 8.07. The van der Waals surface area contributed by atoms with E-state index in [1.54, 1.807) is 7.11 Å². The van der Waals surface area contributed by atoms with Crippen LogP contribution in [0, 0.1) is 5.92 Å². The molecule has 0 aromatic heterocycles. The number of likely N-dealkylation sites (N-methyl/N-ethyl adjacent to an activating group) is 1. The molecule has 0 unspecified atom stereocenters. The molecule has 122 valence electrons. The molecule has 21 heavy (non-hydrogen) atoms. The molecule has 1 saturated carbocycles. The average molecular weight is 301 g/mol. The predicted octanol–water partition coefficient (Wildman–Crippen LogP) is 0.507. The molecule has 0 atom stereocenters. The van der Waals surface area contributed by atoms with Gasteiger partial charge < -0.3 is 25.4 Å². The lowest BCUT2D eigenvalue weighted by atomic mass is 9.86. The van der Waals surface area contributed by atoms with E-state index in [0.717, 1.165) is 25.9 Å². The van der Waals surface area contributed by atoms with Gasteiger partial charge in [0.05, 0.1) is 12.5 Å². The molecular formula is C14H27N3O4. The van der Waals surface area contributed by atoms with E-state index >= 15 is 0 Å². The second kappa shape index (κ2) is 9.57. The third kappa shape index (κ3) is 7.29. The number of carboxylic acids is 1. The van der Waals surface area contributed by atoms with Crippen LogP contribution in [0.4, 0.5) is 4.79 Å². The minimum absolute atomic E-state index is 0.0896. The van der Waals surface area contributed by atoms with Gasteiger partial charge in [-0.05, 0) is 32.7 Å². The fraction of sp³-hybridized carbons (Fsp3) is 0.857. The molecule has 0 heterocycles. The number of nitrogens with one attached hydrogen (secondary N) is 2. The summed E-state index contributed by atoms with van der Waals surface area (Å²) >= 11 is 0. The Morgan fingerprint density at radius 3 is 2.48 bits per heavy atom. The van der Waals surface area contributed by atoms with Crippen LogP contribution in [0.1, 0.15) is 25.7 Å². The molecule has 0 aliphatic heterocycles. The zero-order valence-corrected chi connectivity index (χ0v) is 12.9. The van der Waals surface area contributed by atoms with Crippen LogP contribution in [0.2, 0.25) is 0 Å². The molecule has 1 rings (SSSR count). The number of carboxylic acid groups (broad SMARTS) is 1. The lowest BCUT2D eigenvalue weighted by molar-refractivity contribution is -0.142. The molecule has 0 aromatic carbocycles. The number of ether oxygens (including phenoxy) is 1. The molecule has 0 aromatic rings. The molecule has 1 fully saturated rings. The van der Waals surface area contributed by atoms with Crippen LogP contribution in [-0.2, 0) is 9.53 Å². The van der Waals surface area contributed by atoms with Gasteiger partial charge in [0.25, 0.3) is 0 Å². The average Bonchev–Trinajstić information content (AvgIpc) is 2.45. The van der Waals surface area contributed by atoms with Crippen molar-refractivity contribution in [2.45, 2.75) is 31.7 Å². The largest absolute Gasteiger partial charge is 0.481 e. The van der Waals surface area contributed by atoms with Crippen LogP contribution in [0.25, 0.3) is 0 Å². The number of carbonyl (C=O) groups is 2. The predicted molar refractivity (Wildman–Crippen MR) is 79.3 cm³/mol. The highest BCUT2D eigenvalue weighted by atomic mass is 16.5. The first-order chi connectivity index (χ1) is 10.0. The number of carbonyl (C=O) groups excluding carboxylic acids is 1. The fourth-order valence-electron chi connectivity index (χ4n) is 2.44. The van der Waals surface area contributed by atoms with Crippen molar-refractivity contribution in [1.29, 1.82) is 0 Å². The monoisotopic (exact) mass is 301 g/mol. The Bertz CT molecular complexity index is 330. The Morgan fingerprint density at radius 2 is 1.90 bits per heavy atom. The van der Waals surface area contributed by atoms with Gasteiger partial charge in [-0.15, -0.1) is 0 Å². The first kappa shape index (κ1) is 17.7. The minimum Gasteiger partial charge on any atom is -0.481 e. The molecule has 0 bridgehead atoms. The van der Waals surface area contributed by atoms with Gasteiger partial charge in [-0.1, -0.05) is 0 Å². The highest BCUT2D eigenvalue weighted by Gasteiger charge is 2.26. The smallest absolute Gasteiger partial charge is 0.315 e. The molecule has 2 amide bonds. The Labute approximate surface area is 126 Å². The second-order valence-electron chi connectivity index (χ2n) is 5.58. The summed E-state index contributed by atoms with van der Waals surface area (Å²) in [5.74, 6) is -0.974. The fourth-order valence-corrected chi connectivity index (χ4v) is 2.44. The highest BCUT2D eigenvalue weighted by Crippen LogP contribution is 2.24. The standard InChI is InChI=1S/C14H27N3O4/c1-17(9-10-21-2)8-7-15-14(20)16-12-5-3-11(4-6-12)13(18)19/h11-12H,3-10H2,1-2H3,(H,18,19)(H2,15,16,20). The topological polar surface area (TPSA) is 90.9 Å². The molecule has 1 aliphatic carbocycles. The van der Waals surface area contributed by atoms with Gasteiger partial charge in [0, 0.05) is 32.8 Å². The van der Waals surface area contributed by atoms with Crippen LogP contribution in [0.5, 0.6) is 0 Å². The van der Waals surface area contributed by atoms with Crippen molar-refractivity contribution >= 4 is 12.0 Å². The van der Waals surface area contributed by atoms with E-state index in [4.69, 9.17) is 9.84 Å². The van der Waals surface area contributed by atoms with E-state index in [1.807, 2.05) is 7.05 Å². The maximum Gasteiger partial charge on any atom is 0.315 e. The summed E-state index contributed by atoms with van der Waals surface area (Å²) in [5.41, 5.74) is 0. The molecule has 0 saturated heterocycles. The third-order valence-electron chi connectivity index (χ3n) is 3.87. The van der Waals surface area contributed by atoms with Gasteiger partial charge in [-0.3, -0.25) is 4.79 Å². The van der Waals surface area contributed by atoms with Gasteiger partial charge >= 0.3 is 12.0 Å². The number of urea groups is 1. The quantitative estimate of drug-likeness (QED) is 0.607. The van der Waals surface area contributed by atoms with Gasteiger partial charge in [0.2, 0.25) is 0 Å². The van der Waals surface area contributed by atoms with Crippen molar-refractivity contribution < 1.29 is 19.4 Å². The Balaban J connectivity index is 2.10. The van der Waals surface area contributed by atoms with E-state index in [9.17, 15) is 9.59 Å².